The summed E-state index contributed by atoms with van der Waals surface area (Å²) in [4.78, 5) is 0.167. The van der Waals surface area contributed by atoms with E-state index in [4.69, 9.17) is 15.2 Å². The average molecular weight is 307 g/mol. The maximum Gasteiger partial charge on any atom is 0.175 e. The summed E-state index contributed by atoms with van der Waals surface area (Å²) in [7, 11) is -1.66. The van der Waals surface area contributed by atoms with Crippen molar-refractivity contribution in [2.24, 2.45) is 0 Å². The van der Waals surface area contributed by atoms with E-state index < -0.39 is 9.84 Å². The molecule has 0 radical (unpaired) electrons. The van der Waals surface area contributed by atoms with Crippen LogP contribution in [0.1, 0.15) is 5.56 Å². The molecule has 2 aromatic rings. The summed E-state index contributed by atoms with van der Waals surface area (Å²) < 4.78 is 33.7. The zero-order valence-corrected chi connectivity index (χ0v) is 12.7. The Hall–Kier alpha value is -2.05. The number of hydrogen-bond donors (Lipinski definition) is 1. The molecule has 0 atom stereocenters. The van der Waals surface area contributed by atoms with Gasteiger partial charge in [-0.15, -0.1) is 0 Å². The molecule has 2 aromatic carbocycles. The van der Waals surface area contributed by atoms with Crippen LogP contribution in [-0.2, 0) is 21.2 Å². The quantitative estimate of drug-likeness (QED) is 0.859. The van der Waals surface area contributed by atoms with Gasteiger partial charge in [0.05, 0.1) is 17.2 Å². The largest absolute Gasteiger partial charge is 0.455 e. The molecule has 21 heavy (non-hydrogen) atoms. The van der Waals surface area contributed by atoms with E-state index in [0.717, 1.165) is 11.8 Å². The predicted octanol–water partition coefficient (Wildman–Crippen LogP) is 2.61. The number of hydrogen-bond acceptors (Lipinski definition) is 5. The topological polar surface area (TPSA) is 78.6 Å². The number of sulfone groups is 1. The Morgan fingerprint density at radius 1 is 1.14 bits per heavy atom. The second kappa shape index (κ2) is 6.15. The van der Waals surface area contributed by atoms with Gasteiger partial charge in [0.2, 0.25) is 0 Å². The minimum absolute atomic E-state index is 0.167. The third-order valence-corrected chi connectivity index (χ3v) is 3.96. The molecule has 6 heteroatoms. The van der Waals surface area contributed by atoms with Gasteiger partial charge in [-0.05, 0) is 35.9 Å². The van der Waals surface area contributed by atoms with Gasteiger partial charge in [-0.3, -0.25) is 0 Å². The zero-order chi connectivity index (χ0) is 15.5. The van der Waals surface area contributed by atoms with Crippen molar-refractivity contribution in [3.05, 3.63) is 48.0 Å². The SMILES string of the molecule is COCc1cccc(Oc2ccc(S(C)(=O)=O)cc2N)c1. The molecule has 0 fully saturated rings. The Kier molecular flexibility index (Phi) is 4.50. The van der Waals surface area contributed by atoms with Crippen LogP contribution in [0, 0.1) is 0 Å². The lowest BCUT2D eigenvalue weighted by Gasteiger charge is -2.10. The fourth-order valence-electron chi connectivity index (χ4n) is 1.84. The van der Waals surface area contributed by atoms with Gasteiger partial charge in [0, 0.05) is 13.4 Å². The molecule has 2 rings (SSSR count). The molecule has 0 aliphatic heterocycles. The van der Waals surface area contributed by atoms with Crippen molar-refractivity contribution in [2.75, 3.05) is 19.1 Å². The van der Waals surface area contributed by atoms with Crippen LogP contribution < -0.4 is 10.5 Å². The van der Waals surface area contributed by atoms with Gasteiger partial charge in [0.25, 0.3) is 0 Å². The van der Waals surface area contributed by atoms with Crippen molar-refractivity contribution < 1.29 is 17.9 Å². The van der Waals surface area contributed by atoms with Crippen molar-refractivity contribution in [1.29, 1.82) is 0 Å². The van der Waals surface area contributed by atoms with Crippen molar-refractivity contribution in [3.8, 4) is 11.5 Å². The first-order valence-corrected chi connectivity index (χ1v) is 8.14. The van der Waals surface area contributed by atoms with E-state index >= 15 is 0 Å². The summed E-state index contributed by atoms with van der Waals surface area (Å²) in [6, 6.07) is 11.8. The minimum Gasteiger partial charge on any atom is -0.455 e. The van der Waals surface area contributed by atoms with Gasteiger partial charge in [0.1, 0.15) is 11.5 Å². The molecule has 0 bridgehead atoms. The van der Waals surface area contributed by atoms with Crippen LogP contribution >= 0.6 is 0 Å². The van der Waals surface area contributed by atoms with Gasteiger partial charge in [-0.1, -0.05) is 12.1 Å². The molecule has 0 aliphatic carbocycles. The first-order chi connectivity index (χ1) is 9.90. The first kappa shape index (κ1) is 15.3. The molecule has 0 amide bonds. The highest BCUT2D eigenvalue weighted by Gasteiger charge is 2.10. The van der Waals surface area contributed by atoms with Crippen molar-refractivity contribution in [2.45, 2.75) is 11.5 Å². The number of benzene rings is 2. The molecule has 5 nitrogen and oxygen atoms in total. The highest BCUT2D eigenvalue weighted by molar-refractivity contribution is 7.90. The van der Waals surface area contributed by atoms with E-state index in [1.54, 1.807) is 19.2 Å². The average Bonchev–Trinajstić information content (AvgIpc) is 2.41. The molecule has 0 saturated carbocycles. The Balaban J connectivity index is 2.26. The summed E-state index contributed by atoms with van der Waals surface area (Å²) in [5.74, 6) is 1.03. The summed E-state index contributed by atoms with van der Waals surface area (Å²) in [5, 5.41) is 0. The lowest BCUT2D eigenvalue weighted by atomic mass is 10.2. The van der Waals surface area contributed by atoms with Gasteiger partial charge >= 0.3 is 0 Å². The molecule has 0 saturated heterocycles. The highest BCUT2D eigenvalue weighted by Crippen LogP contribution is 2.30. The molecule has 0 spiro atoms. The molecule has 2 N–H and O–H groups in total. The van der Waals surface area contributed by atoms with E-state index in [1.165, 1.54) is 12.1 Å². The van der Waals surface area contributed by atoms with E-state index in [9.17, 15) is 8.42 Å². The van der Waals surface area contributed by atoms with Crippen molar-refractivity contribution in [3.63, 3.8) is 0 Å². The third kappa shape index (κ3) is 3.96. The van der Waals surface area contributed by atoms with Crippen molar-refractivity contribution in [1.82, 2.24) is 0 Å². The summed E-state index contributed by atoms with van der Waals surface area (Å²) in [6.45, 7) is 0.486. The summed E-state index contributed by atoms with van der Waals surface area (Å²) >= 11 is 0. The van der Waals surface area contributed by atoms with Gasteiger partial charge < -0.3 is 15.2 Å². The number of rotatable bonds is 5. The smallest absolute Gasteiger partial charge is 0.175 e. The zero-order valence-electron chi connectivity index (χ0n) is 11.9. The first-order valence-electron chi connectivity index (χ1n) is 6.25. The number of ether oxygens (including phenoxy) is 2. The lowest BCUT2D eigenvalue weighted by Crippen LogP contribution is -2.00. The summed E-state index contributed by atoms with van der Waals surface area (Å²) in [6.07, 6.45) is 1.14. The maximum absolute atomic E-state index is 11.5. The number of methoxy groups -OCH3 is 1. The third-order valence-electron chi connectivity index (χ3n) is 2.85. The van der Waals surface area contributed by atoms with E-state index in [1.807, 2.05) is 18.2 Å². The molecular formula is C15H17NO4S. The fraction of sp³-hybridized carbons (Fsp3) is 0.200. The van der Waals surface area contributed by atoms with Crippen LogP contribution in [0.3, 0.4) is 0 Å². The molecule has 0 unspecified atom stereocenters. The van der Waals surface area contributed by atoms with Gasteiger partial charge in [-0.25, -0.2) is 8.42 Å². The van der Waals surface area contributed by atoms with E-state index in [-0.39, 0.29) is 10.6 Å². The van der Waals surface area contributed by atoms with Crippen LogP contribution in [-0.4, -0.2) is 21.8 Å². The van der Waals surface area contributed by atoms with Crippen LogP contribution in [0.15, 0.2) is 47.4 Å². The molecular weight excluding hydrogens is 290 g/mol. The Labute approximate surface area is 124 Å². The monoisotopic (exact) mass is 307 g/mol. The van der Waals surface area contributed by atoms with Crippen LogP contribution in [0.4, 0.5) is 5.69 Å². The molecule has 0 aliphatic rings. The molecule has 0 aromatic heterocycles. The van der Waals surface area contributed by atoms with Gasteiger partial charge in [-0.2, -0.15) is 0 Å². The maximum atomic E-state index is 11.5. The van der Waals surface area contributed by atoms with Crippen molar-refractivity contribution >= 4 is 15.5 Å². The molecule has 0 heterocycles. The summed E-state index contributed by atoms with van der Waals surface area (Å²) in [5.41, 5.74) is 7.10. The fourth-order valence-corrected chi connectivity index (χ4v) is 2.50. The predicted molar refractivity (Wildman–Crippen MR) is 81.2 cm³/mol. The normalized spacial score (nSPS) is 11.3. The molecule has 112 valence electrons. The van der Waals surface area contributed by atoms with E-state index in [2.05, 4.69) is 0 Å². The number of anilines is 1. The Bertz CT molecular complexity index is 741. The number of nitrogens with two attached hydrogens (primary N) is 1. The Morgan fingerprint density at radius 3 is 2.52 bits per heavy atom. The highest BCUT2D eigenvalue weighted by atomic mass is 32.2. The second-order valence-corrected chi connectivity index (χ2v) is 6.67. The minimum atomic E-state index is -3.28. The van der Waals surface area contributed by atoms with E-state index in [0.29, 0.717) is 18.1 Å². The Morgan fingerprint density at radius 2 is 1.90 bits per heavy atom. The number of nitrogen functional groups attached to an aromatic ring is 1. The lowest BCUT2D eigenvalue weighted by molar-refractivity contribution is 0.184. The van der Waals surface area contributed by atoms with Crippen LogP contribution in [0.2, 0.25) is 0 Å². The van der Waals surface area contributed by atoms with Crippen LogP contribution in [0.25, 0.3) is 0 Å². The standard InChI is InChI=1S/C15H17NO4S/c1-19-10-11-4-3-5-12(8-11)20-15-7-6-13(9-14(15)16)21(2,17)18/h3-9H,10,16H2,1-2H3. The van der Waals surface area contributed by atoms with Crippen LogP contribution in [0.5, 0.6) is 11.5 Å². The van der Waals surface area contributed by atoms with Gasteiger partial charge in [0.15, 0.2) is 9.84 Å². The second-order valence-electron chi connectivity index (χ2n) is 4.65.